The molecule has 0 aromatic heterocycles. The Morgan fingerprint density at radius 3 is 2.72 bits per heavy atom. The first kappa shape index (κ1) is 29.0. The minimum atomic E-state index is -0.0426. The molecule has 0 bridgehead atoms. The Balaban J connectivity index is 1.42. The summed E-state index contributed by atoms with van der Waals surface area (Å²) >= 11 is 0. The maximum Gasteiger partial charge on any atom is 0.254 e. The highest BCUT2D eigenvalue weighted by molar-refractivity contribution is 5.95. The van der Waals surface area contributed by atoms with Gasteiger partial charge >= 0.3 is 0 Å². The molecule has 1 amide bonds. The number of fused-ring (bicyclic) bond motifs is 1. The smallest absolute Gasteiger partial charge is 0.254 e. The molecule has 0 saturated carbocycles. The Kier molecular flexibility index (Phi) is 10.7. The summed E-state index contributed by atoms with van der Waals surface area (Å²) in [6.45, 7) is 8.97. The molecule has 2 aromatic rings. The standard InChI is InChI=1S/C30H42N2O7/c1-21(2)32(30(33)22-10-11-25(35-4)27(16-22)37-13-6-12-34-3)19-24-17-31-18-28(24)39-20-23-8-5-9-26-29(23)38-15-7-14-36-26/h5,8-11,16,21,24,28,31H,6-7,12-15,17-20H2,1-4H3. The highest BCUT2D eigenvalue weighted by Crippen LogP contribution is 2.34. The minimum absolute atomic E-state index is 0.0161. The van der Waals surface area contributed by atoms with Crippen LogP contribution in [0.3, 0.4) is 0 Å². The van der Waals surface area contributed by atoms with Gasteiger partial charge in [0.1, 0.15) is 0 Å². The number of para-hydroxylation sites is 1. The number of benzene rings is 2. The highest BCUT2D eigenvalue weighted by Gasteiger charge is 2.33. The van der Waals surface area contributed by atoms with Crippen molar-refractivity contribution in [3.63, 3.8) is 0 Å². The Labute approximate surface area is 231 Å². The predicted octanol–water partition coefficient (Wildman–Crippen LogP) is 3.93. The lowest BCUT2D eigenvalue weighted by molar-refractivity contribution is 0.0120. The maximum atomic E-state index is 13.7. The quantitative estimate of drug-likeness (QED) is 0.381. The second-order valence-corrected chi connectivity index (χ2v) is 10.2. The van der Waals surface area contributed by atoms with E-state index in [-0.39, 0.29) is 24.0 Å². The van der Waals surface area contributed by atoms with Crippen LogP contribution in [0.4, 0.5) is 0 Å². The fourth-order valence-electron chi connectivity index (χ4n) is 4.91. The molecule has 39 heavy (non-hydrogen) atoms. The molecule has 2 unspecified atom stereocenters. The average molecular weight is 543 g/mol. The van der Waals surface area contributed by atoms with Gasteiger partial charge in [-0.05, 0) is 38.1 Å². The summed E-state index contributed by atoms with van der Waals surface area (Å²) in [5, 5.41) is 3.45. The van der Waals surface area contributed by atoms with E-state index < -0.39 is 0 Å². The van der Waals surface area contributed by atoms with Gasteiger partial charge in [0.2, 0.25) is 0 Å². The lowest BCUT2D eigenvalue weighted by Crippen LogP contribution is -2.43. The number of carbonyl (C=O) groups excluding carboxylic acids is 1. The van der Waals surface area contributed by atoms with Crippen LogP contribution in [0.5, 0.6) is 23.0 Å². The SMILES string of the molecule is COCCCOc1cc(C(=O)N(CC2CNCC2OCc2cccc3c2OCCCO3)C(C)C)ccc1OC. The molecule has 2 aliphatic heterocycles. The van der Waals surface area contributed by atoms with Crippen molar-refractivity contribution in [2.75, 3.05) is 60.3 Å². The zero-order valence-corrected chi connectivity index (χ0v) is 23.6. The van der Waals surface area contributed by atoms with Gasteiger partial charge in [-0.1, -0.05) is 12.1 Å². The molecule has 2 aliphatic rings. The summed E-state index contributed by atoms with van der Waals surface area (Å²) in [6.07, 6.45) is 1.58. The van der Waals surface area contributed by atoms with Crippen molar-refractivity contribution in [1.29, 1.82) is 0 Å². The molecule has 2 atom stereocenters. The predicted molar refractivity (Wildman–Crippen MR) is 148 cm³/mol. The summed E-state index contributed by atoms with van der Waals surface area (Å²) in [7, 11) is 3.26. The van der Waals surface area contributed by atoms with E-state index in [9.17, 15) is 4.79 Å². The number of methoxy groups -OCH3 is 2. The van der Waals surface area contributed by atoms with E-state index in [1.165, 1.54) is 0 Å². The van der Waals surface area contributed by atoms with Crippen molar-refractivity contribution in [2.24, 2.45) is 5.92 Å². The lowest BCUT2D eigenvalue weighted by Gasteiger charge is -2.31. The van der Waals surface area contributed by atoms with Crippen LogP contribution in [0.1, 0.15) is 42.6 Å². The van der Waals surface area contributed by atoms with Gasteiger partial charge in [0.15, 0.2) is 23.0 Å². The summed E-state index contributed by atoms with van der Waals surface area (Å²) in [6, 6.07) is 11.3. The molecule has 0 aliphatic carbocycles. The second-order valence-electron chi connectivity index (χ2n) is 10.2. The van der Waals surface area contributed by atoms with Crippen LogP contribution in [0.15, 0.2) is 36.4 Å². The molecule has 2 aromatic carbocycles. The summed E-state index contributed by atoms with van der Waals surface area (Å²) in [5.41, 5.74) is 1.55. The van der Waals surface area contributed by atoms with Crippen LogP contribution < -0.4 is 24.3 Å². The average Bonchev–Trinajstić information content (AvgIpc) is 3.25. The fraction of sp³-hybridized carbons (Fsp3) is 0.567. The number of rotatable bonds is 13. The molecular formula is C30H42N2O7. The maximum absolute atomic E-state index is 13.7. The van der Waals surface area contributed by atoms with Crippen LogP contribution in [0.2, 0.25) is 0 Å². The Morgan fingerprint density at radius 2 is 1.92 bits per heavy atom. The van der Waals surface area contributed by atoms with Gasteiger partial charge < -0.3 is 38.6 Å². The van der Waals surface area contributed by atoms with Gasteiger partial charge in [-0.2, -0.15) is 0 Å². The van der Waals surface area contributed by atoms with Crippen molar-refractivity contribution in [3.8, 4) is 23.0 Å². The molecular weight excluding hydrogens is 500 g/mol. The van der Waals surface area contributed by atoms with Crippen LogP contribution in [-0.4, -0.2) is 83.2 Å². The third-order valence-electron chi connectivity index (χ3n) is 7.06. The second kappa shape index (κ2) is 14.4. The number of hydrogen-bond donors (Lipinski definition) is 1. The molecule has 214 valence electrons. The molecule has 9 heteroatoms. The van der Waals surface area contributed by atoms with Crippen molar-refractivity contribution in [2.45, 2.75) is 45.4 Å². The first-order valence-corrected chi connectivity index (χ1v) is 13.8. The van der Waals surface area contributed by atoms with Crippen LogP contribution >= 0.6 is 0 Å². The minimum Gasteiger partial charge on any atom is -0.493 e. The van der Waals surface area contributed by atoms with Gasteiger partial charge in [-0.3, -0.25) is 4.79 Å². The zero-order valence-electron chi connectivity index (χ0n) is 23.6. The van der Waals surface area contributed by atoms with E-state index in [0.29, 0.717) is 56.6 Å². The van der Waals surface area contributed by atoms with E-state index >= 15 is 0 Å². The van der Waals surface area contributed by atoms with E-state index in [1.807, 2.05) is 36.9 Å². The van der Waals surface area contributed by atoms with Crippen LogP contribution in [-0.2, 0) is 16.1 Å². The van der Waals surface area contributed by atoms with Crippen molar-refractivity contribution in [3.05, 3.63) is 47.5 Å². The molecule has 2 heterocycles. The number of ether oxygens (including phenoxy) is 6. The lowest BCUT2D eigenvalue weighted by atomic mass is 10.0. The molecule has 9 nitrogen and oxygen atoms in total. The summed E-state index contributed by atoms with van der Waals surface area (Å²) in [5.74, 6) is 2.81. The summed E-state index contributed by atoms with van der Waals surface area (Å²) in [4.78, 5) is 15.6. The molecule has 4 rings (SSSR count). The number of nitrogens with one attached hydrogen (secondary N) is 1. The number of nitrogens with zero attached hydrogens (tertiary/aromatic N) is 1. The fourth-order valence-corrected chi connectivity index (χ4v) is 4.91. The monoisotopic (exact) mass is 542 g/mol. The third kappa shape index (κ3) is 7.56. The molecule has 1 fully saturated rings. The van der Waals surface area contributed by atoms with E-state index in [0.717, 1.165) is 43.0 Å². The Morgan fingerprint density at radius 1 is 1.08 bits per heavy atom. The highest BCUT2D eigenvalue weighted by atomic mass is 16.5. The first-order chi connectivity index (χ1) is 19.0. The van der Waals surface area contributed by atoms with Crippen LogP contribution in [0.25, 0.3) is 0 Å². The Hall–Kier alpha value is -3.01. The van der Waals surface area contributed by atoms with E-state index in [1.54, 1.807) is 32.4 Å². The topological polar surface area (TPSA) is 87.7 Å². The van der Waals surface area contributed by atoms with Crippen LogP contribution in [0, 0.1) is 5.92 Å². The van der Waals surface area contributed by atoms with Gasteiger partial charge in [0.05, 0.1) is 39.6 Å². The number of hydrogen-bond acceptors (Lipinski definition) is 8. The van der Waals surface area contributed by atoms with Gasteiger partial charge in [0, 0.05) is 69.3 Å². The van der Waals surface area contributed by atoms with Gasteiger partial charge in [-0.15, -0.1) is 0 Å². The number of carbonyl (C=O) groups is 1. The number of amides is 1. The van der Waals surface area contributed by atoms with Crippen molar-refractivity contribution >= 4 is 5.91 Å². The molecule has 0 radical (unpaired) electrons. The molecule has 1 N–H and O–H groups in total. The molecule has 1 saturated heterocycles. The largest absolute Gasteiger partial charge is 0.493 e. The first-order valence-electron chi connectivity index (χ1n) is 13.8. The van der Waals surface area contributed by atoms with Gasteiger partial charge in [0.25, 0.3) is 5.91 Å². The Bertz CT molecular complexity index is 1080. The van der Waals surface area contributed by atoms with E-state index in [4.69, 9.17) is 28.4 Å². The third-order valence-corrected chi connectivity index (χ3v) is 7.06. The zero-order chi connectivity index (χ0) is 27.6. The normalized spacial score (nSPS) is 18.6. The molecule has 0 spiro atoms. The van der Waals surface area contributed by atoms with E-state index in [2.05, 4.69) is 5.32 Å². The van der Waals surface area contributed by atoms with Gasteiger partial charge in [-0.25, -0.2) is 0 Å². The van der Waals surface area contributed by atoms with Crippen molar-refractivity contribution in [1.82, 2.24) is 10.2 Å². The summed E-state index contributed by atoms with van der Waals surface area (Å²) < 4.78 is 34.7. The van der Waals surface area contributed by atoms with Crippen molar-refractivity contribution < 1.29 is 33.2 Å².